The van der Waals surface area contributed by atoms with E-state index in [1.54, 1.807) is 25.2 Å². The summed E-state index contributed by atoms with van der Waals surface area (Å²) >= 11 is 11.7. The summed E-state index contributed by atoms with van der Waals surface area (Å²) in [6.07, 6.45) is 0. The normalized spacial score (nSPS) is 12.5. The van der Waals surface area contributed by atoms with Crippen LogP contribution in [0, 0.1) is 17.5 Å². The van der Waals surface area contributed by atoms with E-state index in [4.69, 9.17) is 23.2 Å². The molecule has 0 saturated heterocycles. The van der Waals surface area contributed by atoms with Gasteiger partial charge in [0.05, 0.1) is 16.1 Å². The Morgan fingerprint density at radius 2 is 1.55 bits per heavy atom. The maximum absolute atomic E-state index is 13.8. The summed E-state index contributed by atoms with van der Waals surface area (Å²) < 4.78 is 40.1. The standard InChI is InChI=1S/C14H10Cl2F3N/c1-20-14(7-2-3-9(15)10(16)4-7)8-5-12(18)13(19)6-11(8)17/h2-6,14,20H,1H3. The highest BCUT2D eigenvalue weighted by molar-refractivity contribution is 6.42. The minimum absolute atomic E-state index is 0.00945. The summed E-state index contributed by atoms with van der Waals surface area (Å²) in [6, 6.07) is 5.42. The molecule has 106 valence electrons. The quantitative estimate of drug-likeness (QED) is 0.807. The molecule has 0 amide bonds. The predicted octanol–water partition coefficient (Wildman–Crippen LogP) is 4.72. The SMILES string of the molecule is CNC(c1ccc(Cl)c(Cl)c1)c1cc(F)c(F)cc1F. The van der Waals surface area contributed by atoms with Gasteiger partial charge in [-0.15, -0.1) is 0 Å². The van der Waals surface area contributed by atoms with Gasteiger partial charge in [0.15, 0.2) is 11.6 Å². The Morgan fingerprint density at radius 3 is 2.15 bits per heavy atom. The van der Waals surface area contributed by atoms with Crippen molar-refractivity contribution in [2.45, 2.75) is 6.04 Å². The van der Waals surface area contributed by atoms with Crippen molar-refractivity contribution in [1.29, 1.82) is 0 Å². The van der Waals surface area contributed by atoms with E-state index in [-0.39, 0.29) is 5.56 Å². The van der Waals surface area contributed by atoms with Crippen LogP contribution in [0.25, 0.3) is 0 Å². The fourth-order valence-electron chi connectivity index (χ4n) is 1.95. The predicted molar refractivity (Wildman–Crippen MR) is 73.7 cm³/mol. The van der Waals surface area contributed by atoms with Crippen molar-refractivity contribution < 1.29 is 13.2 Å². The molecule has 1 unspecified atom stereocenters. The van der Waals surface area contributed by atoms with E-state index >= 15 is 0 Å². The molecule has 0 heterocycles. The van der Waals surface area contributed by atoms with Crippen molar-refractivity contribution >= 4 is 23.2 Å². The van der Waals surface area contributed by atoms with Crippen LogP contribution in [0.1, 0.15) is 17.2 Å². The molecule has 2 rings (SSSR count). The second-order valence-electron chi connectivity index (χ2n) is 4.18. The van der Waals surface area contributed by atoms with Gasteiger partial charge in [0, 0.05) is 11.6 Å². The van der Waals surface area contributed by atoms with Gasteiger partial charge in [-0.3, -0.25) is 0 Å². The van der Waals surface area contributed by atoms with Crippen molar-refractivity contribution in [3.05, 3.63) is 69.0 Å². The first-order valence-corrected chi connectivity index (χ1v) is 6.46. The molecule has 2 aromatic rings. The molecule has 1 atom stereocenters. The molecule has 0 saturated carbocycles. The average molecular weight is 320 g/mol. The van der Waals surface area contributed by atoms with Gasteiger partial charge in [-0.25, -0.2) is 13.2 Å². The molecule has 0 aliphatic rings. The number of nitrogens with one attached hydrogen (secondary N) is 1. The Labute approximate surface area is 124 Å². The van der Waals surface area contributed by atoms with Crippen molar-refractivity contribution in [3.63, 3.8) is 0 Å². The smallest absolute Gasteiger partial charge is 0.161 e. The summed E-state index contributed by atoms with van der Waals surface area (Å²) in [5.41, 5.74) is 0.580. The lowest BCUT2D eigenvalue weighted by molar-refractivity contribution is 0.483. The monoisotopic (exact) mass is 319 g/mol. The number of hydrogen-bond donors (Lipinski definition) is 1. The van der Waals surface area contributed by atoms with Crippen LogP contribution in [0.3, 0.4) is 0 Å². The molecule has 0 aliphatic heterocycles. The van der Waals surface area contributed by atoms with Crippen LogP contribution >= 0.6 is 23.2 Å². The molecule has 0 aliphatic carbocycles. The topological polar surface area (TPSA) is 12.0 Å². The molecule has 0 spiro atoms. The largest absolute Gasteiger partial charge is 0.309 e. The average Bonchev–Trinajstić information content (AvgIpc) is 2.40. The van der Waals surface area contributed by atoms with Crippen LogP contribution in [-0.4, -0.2) is 7.05 Å². The molecule has 6 heteroatoms. The highest BCUT2D eigenvalue weighted by Gasteiger charge is 2.20. The van der Waals surface area contributed by atoms with Crippen LogP contribution in [-0.2, 0) is 0 Å². The van der Waals surface area contributed by atoms with Gasteiger partial charge in [0.1, 0.15) is 5.82 Å². The molecule has 0 bridgehead atoms. The van der Waals surface area contributed by atoms with E-state index < -0.39 is 23.5 Å². The van der Waals surface area contributed by atoms with Crippen molar-refractivity contribution in [1.82, 2.24) is 5.32 Å². The molecule has 1 N–H and O–H groups in total. The molecule has 1 nitrogen and oxygen atoms in total. The van der Waals surface area contributed by atoms with Gasteiger partial charge < -0.3 is 5.32 Å². The zero-order valence-electron chi connectivity index (χ0n) is 10.4. The summed E-state index contributed by atoms with van der Waals surface area (Å²) in [4.78, 5) is 0. The van der Waals surface area contributed by atoms with Gasteiger partial charge in [-0.05, 0) is 30.8 Å². The lowest BCUT2D eigenvalue weighted by Gasteiger charge is -2.18. The lowest BCUT2D eigenvalue weighted by atomic mass is 9.98. The first-order valence-electron chi connectivity index (χ1n) is 5.70. The van der Waals surface area contributed by atoms with Crippen LogP contribution < -0.4 is 5.32 Å². The zero-order valence-corrected chi connectivity index (χ0v) is 11.9. The van der Waals surface area contributed by atoms with E-state index in [9.17, 15) is 13.2 Å². The van der Waals surface area contributed by atoms with E-state index in [1.165, 1.54) is 0 Å². The van der Waals surface area contributed by atoms with Gasteiger partial charge in [0.25, 0.3) is 0 Å². The highest BCUT2D eigenvalue weighted by Crippen LogP contribution is 2.30. The third-order valence-corrected chi connectivity index (χ3v) is 3.66. The molecule has 0 aromatic heterocycles. The van der Waals surface area contributed by atoms with Gasteiger partial charge in [-0.1, -0.05) is 29.3 Å². The minimum Gasteiger partial charge on any atom is -0.309 e. The second kappa shape index (κ2) is 6.04. The fourth-order valence-corrected chi connectivity index (χ4v) is 2.26. The van der Waals surface area contributed by atoms with Gasteiger partial charge in [0.2, 0.25) is 0 Å². The maximum atomic E-state index is 13.8. The summed E-state index contributed by atoms with van der Waals surface area (Å²) in [5, 5.41) is 3.49. The number of halogens is 5. The summed E-state index contributed by atoms with van der Waals surface area (Å²) in [7, 11) is 1.58. The molecular weight excluding hydrogens is 310 g/mol. The maximum Gasteiger partial charge on any atom is 0.161 e. The van der Waals surface area contributed by atoms with Crippen LogP contribution in [0.5, 0.6) is 0 Å². The lowest BCUT2D eigenvalue weighted by Crippen LogP contribution is -2.19. The molecule has 20 heavy (non-hydrogen) atoms. The molecular formula is C14H10Cl2F3N. The van der Waals surface area contributed by atoms with Crippen molar-refractivity contribution in [2.24, 2.45) is 0 Å². The van der Waals surface area contributed by atoms with Crippen molar-refractivity contribution in [2.75, 3.05) is 7.05 Å². The number of hydrogen-bond acceptors (Lipinski definition) is 1. The fraction of sp³-hybridized carbons (Fsp3) is 0.143. The number of rotatable bonds is 3. The minimum atomic E-state index is -1.23. The Kier molecular flexibility index (Phi) is 4.58. The Balaban J connectivity index is 2.52. The van der Waals surface area contributed by atoms with Crippen LogP contribution in [0.2, 0.25) is 10.0 Å². The Hall–Kier alpha value is -1.23. The third kappa shape index (κ3) is 2.92. The van der Waals surface area contributed by atoms with E-state index in [1.807, 2.05) is 0 Å². The molecule has 0 fully saturated rings. The summed E-state index contributed by atoms with van der Waals surface area (Å²) in [5.74, 6) is -3.17. The van der Waals surface area contributed by atoms with Gasteiger partial charge in [-0.2, -0.15) is 0 Å². The first-order chi connectivity index (χ1) is 9.43. The second-order valence-corrected chi connectivity index (χ2v) is 5.00. The van der Waals surface area contributed by atoms with Crippen LogP contribution in [0.4, 0.5) is 13.2 Å². The van der Waals surface area contributed by atoms with E-state index in [2.05, 4.69) is 5.32 Å². The molecule has 0 radical (unpaired) electrons. The zero-order chi connectivity index (χ0) is 14.9. The number of benzene rings is 2. The first kappa shape index (κ1) is 15.2. The van der Waals surface area contributed by atoms with E-state index in [0.29, 0.717) is 21.7 Å². The summed E-state index contributed by atoms with van der Waals surface area (Å²) in [6.45, 7) is 0. The Bertz CT molecular complexity index is 647. The van der Waals surface area contributed by atoms with Gasteiger partial charge >= 0.3 is 0 Å². The van der Waals surface area contributed by atoms with Crippen molar-refractivity contribution in [3.8, 4) is 0 Å². The van der Waals surface area contributed by atoms with Crippen LogP contribution in [0.15, 0.2) is 30.3 Å². The third-order valence-electron chi connectivity index (χ3n) is 2.92. The Morgan fingerprint density at radius 1 is 0.900 bits per heavy atom. The highest BCUT2D eigenvalue weighted by atomic mass is 35.5. The molecule has 2 aromatic carbocycles. The van der Waals surface area contributed by atoms with E-state index in [0.717, 1.165) is 6.07 Å².